The van der Waals surface area contributed by atoms with E-state index in [0.717, 1.165) is 35.9 Å². The highest BCUT2D eigenvalue weighted by Crippen LogP contribution is 2.32. The van der Waals surface area contributed by atoms with Gasteiger partial charge in [-0.05, 0) is 41.5 Å². The minimum atomic E-state index is -1.06. The minimum Gasteiger partial charge on any atom is -0.478 e. The third kappa shape index (κ3) is 5.18. The van der Waals surface area contributed by atoms with Crippen LogP contribution in [0.5, 0.6) is 0 Å². The number of hydrogen-bond donors (Lipinski definition) is 1. The Labute approximate surface area is 217 Å². The fourth-order valence-electron chi connectivity index (χ4n) is 4.39. The smallest absolute Gasteiger partial charge is 0.337 e. The largest absolute Gasteiger partial charge is 0.478 e. The van der Waals surface area contributed by atoms with Crippen LogP contribution in [0.1, 0.15) is 10.4 Å². The molecule has 36 heavy (non-hydrogen) atoms. The molecule has 0 amide bonds. The summed E-state index contributed by atoms with van der Waals surface area (Å²) in [6.45, 7) is 5.37. The molecule has 2 aromatic heterocycles. The topological polar surface area (TPSA) is 82.0 Å². The molecule has 1 aromatic carbocycles. The molecular formula is C25H24Cl2FN5O3. The summed E-state index contributed by atoms with van der Waals surface area (Å²) >= 11 is 12.4. The number of aromatic nitrogens is 2. The predicted octanol–water partition coefficient (Wildman–Crippen LogP) is 4.45. The number of anilines is 3. The minimum absolute atomic E-state index is 0.0555. The molecule has 2 saturated heterocycles. The van der Waals surface area contributed by atoms with Gasteiger partial charge in [-0.2, -0.15) is 0 Å². The van der Waals surface area contributed by atoms with Crippen molar-refractivity contribution in [2.75, 3.05) is 67.2 Å². The van der Waals surface area contributed by atoms with Crippen molar-refractivity contribution in [1.82, 2.24) is 9.97 Å². The zero-order valence-corrected chi connectivity index (χ0v) is 20.8. The number of piperazine rings is 1. The molecule has 2 fully saturated rings. The van der Waals surface area contributed by atoms with E-state index in [1.807, 2.05) is 17.0 Å². The molecule has 0 spiro atoms. The fraction of sp³-hybridized carbons (Fsp3) is 0.320. The number of pyridine rings is 2. The van der Waals surface area contributed by atoms with E-state index in [1.165, 1.54) is 18.3 Å². The molecule has 188 valence electrons. The average molecular weight is 532 g/mol. The molecule has 4 heterocycles. The van der Waals surface area contributed by atoms with E-state index < -0.39 is 11.8 Å². The number of rotatable bonds is 5. The Balaban J connectivity index is 1.40. The van der Waals surface area contributed by atoms with Crippen LogP contribution in [0.25, 0.3) is 11.1 Å². The van der Waals surface area contributed by atoms with E-state index in [2.05, 4.69) is 14.8 Å². The highest BCUT2D eigenvalue weighted by molar-refractivity contribution is 6.33. The first-order valence-electron chi connectivity index (χ1n) is 11.6. The summed E-state index contributed by atoms with van der Waals surface area (Å²) in [4.78, 5) is 26.8. The number of nitrogens with zero attached hydrogens (tertiary/aromatic N) is 5. The van der Waals surface area contributed by atoms with Crippen molar-refractivity contribution < 1.29 is 19.0 Å². The average Bonchev–Trinajstić information content (AvgIpc) is 2.90. The number of hydrogen-bond acceptors (Lipinski definition) is 7. The second-order valence-electron chi connectivity index (χ2n) is 8.61. The van der Waals surface area contributed by atoms with Gasteiger partial charge in [0.2, 0.25) is 0 Å². The molecule has 11 heteroatoms. The van der Waals surface area contributed by atoms with E-state index >= 15 is 0 Å². The highest BCUT2D eigenvalue weighted by Gasteiger charge is 2.24. The lowest BCUT2D eigenvalue weighted by Crippen LogP contribution is -2.47. The van der Waals surface area contributed by atoms with Crippen molar-refractivity contribution in [3.05, 3.63) is 64.0 Å². The van der Waals surface area contributed by atoms with Gasteiger partial charge in [0.25, 0.3) is 0 Å². The van der Waals surface area contributed by atoms with Crippen molar-refractivity contribution in [2.24, 2.45) is 0 Å². The van der Waals surface area contributed by atoms with Gasteiger partial charge in [0.15, 0.2) is 0 Å². The SMILES string of the molecule is O=C(O)c1cnc(N2CCN(c3cc(-c4ccc(F)c(Cl)c4)cc(N4CCOCC4)n3)CC2)c(Cl)c1. The third-order valence-electron chi connectivity index (χ3n) is 6.36. The van der Waals surface area contributed by atoms with Crippen LogP contribution in [0.3, 0.4) is 0 Å². The number of halogens is 3. The van der Waals surface area contributed by atoms with Crippen LogP contribution in [0.2, 0.25) is 10.0 Å². The van der Waals surface area contributed by atoms with Gasteiger partial charge in [-0.3, -0.25) is 0 Å². The Bertz CT molecular complexity index is 1280. The van der Waals surface area contributed by atoms with Crippen molar-refractivity contribution >= 4 is 46.6 Å². The number of aromatic carboxylic acids is 1. The first kappa shape index (κ1) is 24.5. The molecule has 0 unspecified atom stereocenters. The van der Waals surface area contributed by atoms with Gasteiger partial charge in [0.05, 0.1) is 28.8 Å². The summed E-state index contributed by atoms with van der Waals surface area (Å²) < 4.78 is 19.3. The van der Waals surface area contributed by atoms with Gasteiger partial charge in [0.1, 0.15) is 23.3 Å². The zero-order chi connectivity index (χ0) is 25.2. The molecule has 2 aliphatic heterocycles. The van der Waals surface area contributed by atoms with E-state index in [0.29, 0.717) is 50.2 Å². The Morgan fingerprint density at radius 2 is 1.50 bits per heavy atom. The predicted molar refractivity (Wildman–Crippen MR) is 138 cm³/mol. The Morgan fingerprint density at radius 1 is 0.861 bits per heavy atom. The van der Waals surface area contributed by atoms with Crippen LogP contribution in [-0.2, 0) is 4.74 Å². The van der Waals surface area contributed by atoms with Crippen LogP contribution in [0, 0.1) is 5.82 Å². The van der Waals surface area contributed by atoms with Gasteiger partial charge in [0, 0.05) is 45.5 Å². The van der Waals surface area contributed by atoms with Crippen LogP contribution >= 0.6 is 23.2 Å². The van der Waals surface area contributed by atoms with Gasteiger partial charge in [-0.25, -0.2) is 19.2 Å². The first-order chi connectivity index (χ1) is 17.4. The second kappa shape index (κ2) is 10.5. The maximum atomic E-state index is 13.8. The van der Waals surface area contributed by atoms with Gasteiger partial charge >= 0.3 is 5.97 Å². The Hall–Kier alpha value is -3.14. The number of carbonyl (C=O) groups is 1. The van der Waals surface area contributed by atoms with E-state index in [-0.39, 0.29) is 10.6 Å². The summed E-state index contributed by atoms with van der Waals surface area (Å²) in [5.41, 5.74) is 1.77. The number of morpholine rings is 1. The lowest BCUT2D eigenvalue weighted by Gasteiger charge is -2.37. The standard InChI is InChI=1S/C25H24Cl2FN5O3/c26-19-11-16(1-2-21(19)28)17-13-22(30-23(14-17)32-7-9-36-10-8-32)31-3-5-33(6-4-31)24-20(27)12-18(15-29-24)25(34)35/h1-2,11-15H,3-10H2,(H,34,35). The molecule has 2 aliphatic rings. The van der Waals surface area contributed by atoms with Crippen molar-refractivity contribution in [3.63, 3.8) is 0 Å². The monoisotopic (exact) mass is 531 g/mol. The highest BCUT2D eigenvalue weighted by atomic mass is 35.5. The molecule has 5 rings (SSSR count). The molecule has 3 aromatic rings. The molecule has 1 N–H and O–H groups in total. The number of carboxylic acids is 1. The van der Waals surface area contributed by atoms with Gasteiger partial charge in [-0.15, -0.1) is 0 Å². The lowest BCUT2D eigenvalue weighted by atomic mass is 10.1. The van der Waals surface area contributed by atoms with E-state index in [4.69, 9.17) is 38.0 Å². The van der Waals surface area contributed by atoms with E-state index in [1.54, 1.807) is 12.1 Å². The fourth-order valence-corrected chi connectivity index (χ4v) is 4.85. The zero-order valence-electron chi connectivity index (χ0n) is 19.3. The maximum absolute atomic E-state index is 13.8. The van der Waals surface area contributed by atoms with Crippen LogP contribution < -0.4 is 14.7 Å². The number of ether oxygens (including phenoxy) is 1. The molecule has 0 bridgehead atoms. The molecule has 0 atom stereocenters. The molecular weight excluding hydrogens is 508 g/mol. The quantitative estimate of drug-likeness (QED) is 0.517. The summed E-state index contributed by atoms with van der Waals surface area (Å²) in [6, 6.07) is 10.1. The van der Waals surface area contributed by atoms with Crippen molar-refractivity contribution in [2.45, 2.75) is 0 Å². The molecule has 0 saturated carbocycles. The van der Waals surface area contributed by atoms with Gasteiger partial charge in [-0.1, -0.05) is 29.3 Å². The van der Waals surface area contributed by atoms with Crippen LogP contribution in [0.15, 0.2) is 42.6 Å². The van der Waals surface area contributed by atoms with E-state index in [9.17, 15) is 9.18 Å². The first-order valence-corrected chi connectivity index (χ1v) is 12.3. The van der Waals surface area contributed by atoms with Gasteiger partial charge < -0.3 is 24.5 Å². The Morgan fingerprint density at radius 3 is 2.11 bits per heavy atom. The maximum Gasteiger partial charge on any atom is 0.337 e. The molecule has 0 aliphatic carbocycles. The summed E-state index contributed by atoms with van der Waals surface area (Å²) in [7, 11) is 0. The number of carboxylic acid groups (broad SMARTS) is 1. The lowest BCUT2D eigenvalue weighted by molar-refractivity contribution is 0.0696. The summed E-state index contributed by atoms with van der Waals surface area (Å²) in [6.07, 6.45) is 1.32. The third-order valence-corrected chi connectivity index (χ3v) is 6.93. The Kier molecular flexibility index (Phi) is 7.13. The van der Waals surface area contributed by atoms with Crippen molar-refractivity contribution in [1.29, 1.82) is 0 Å². The van der Waals surface area contributed by atoms with Crippen LogP contribution in [-0.4, -0.2) is 73.5 Å². The molecule has 8 nitrogen and oxygen atoms in total. The summed E-state index contributed by atoms with van der Waals surface area (Å²) in [5, 5.41) is 9.55. The van der Waals surface area contributed by atoms with Crippen molar-refractivity contribution in [3.8, 4) is 11.1 Å². The van der Waals surface area contributed by atoms with Crippen LogP contribution in [0.4, 0.5) is 21.8 Å². The normalized spacial score (nSPS) is 16.4. The second-order valence-corrected chi connectivity index (χ2v) is 9.42. The number of benzene rings is 1. The summed E-state index contributed by atoms with van der Waals surface area (Å²) in [5.74, 6) is 0.697. The molecule has 0 radical (unpaired) electrons.